The van der Waals surface area contributed by atoms with Crippen LogP contribution in [0.25, 0.3) is 0 Å². The van der Waals surface area contributed by atoms with Crippen molar-refractivity contribution in [3.8, 4) is 0 Å². The lowest BCUT2D eigenvalue weighted by Crippen LogP contribution is -2.27. The first kappa shape index (κ1) is 17.0. The Morgan fingerprint density at radius 1 is 0.950 bits per heavy atom. The molecule has 1 aromatic carbocycles. The number of hydrogen-bond acceptors (Lipinski definition) is 2. The fourth-order valence-electron chi connectivity index (χ4n) is 1.83. The molecule has 0 bridgehead atoms. The zero-order valence-electron chi connectivity index (χ0n) is 11.9. The van der Waals surface area contributed by atoms with E-state index in [0.717, 1.165) is 12.1 Å². The second-order valence-corrected chi connectivity index (χ2v) is 7.93. The van der Waals surface area contributed by atoms with Crippen LogP contribution in [-0.2, 0) is 16.0 Å². The van der Waals surface area contributed by atoms with Crippen LogP contribution in [0.1, 0.15) is 44.1 Å². The van der Waals surface area contributed by atoms with Crippen molar-refractivity contribution in [3.05, 3.63) is 35.4 Å². The van der Waals surface area contributed by atoms with E-state index in [1.165, 1.54) is 19.1 Å². The van der Waals surface area contributed by atoms with E-state index in [-0.39, 0.29) is 5.92 Å². The van der Waals surface area contributed by atoms with Crippen molar-refractivity contribution in [2.45, 2.75) is 44.4 Å². The molecule has 0 heterocycles. The number of benzene rings is 1. The molecule has 0 radical (unpaired) electrons. The third-order valence-corrected chi connectivity index (χ3v) is 6.50. The van der Waals surface area contributed by atoms with Crippen LogP contribution in [0, 0.1) is 5.92 Å². The van der Waals surface area contributed by atoms with E-state index in [0.29, 0.717) is 5.56 Å². The Balaban J connectivity index is 3.07. The van der Waals surface area contributed by atoms with E-state index < -0.39 is 32.1 Å². The van der Waals surface area contributed by atoms with Crippen LogP contribution in [0.15, 0.2) is 24.3 Å². The van der Waals surface area contributed by atoms with E-state index in [9.17, 15) is 21.6 Å². The Kier molecular flexibility index (Phi) is 4.90. The van der Waals surface area contributed by atoms with Gasteiger partial charge in [0, 0.05) is 0 Å². The Bertz CT molecular complexity index is 545. The summed E-state index contributed by atoms with van der Waals surface area (Å²) in [5.41, 5.74) is -0.395. The van der Waals surface area contributed by atoms with Crippen molar-refractivity contribution in [3.63, 3.8) is 0 Å². The lowest BCUT2D eigenvalue weighted by atomic mass is 10.1. The van der Waals surface area contributed by atoms with Crippen molar-refractivity contribution in [1.82, 2.24) is 0 Å². The van der Waals surface area contributed by atoms with Gasteiger partial charge < -0.3 is 0 Å². The summed E-state index contributed by atoms with van der Waals surface area (Å²) in [5.74, 6) is -0.0445. The van der Waals surface area contributed by atoms with Crippen LogP contribution in [-0.4, -0.2) is 13.7 Å². The minimum Gasteiger partial charge on any atom is -0.228 e. The van der Waals surface area contributed by atoms with Gasteiger partial charge in [0.1, 0.15) is 0 Å². The smallest absolute Gasteiger partial charge is 0.228 e. The van der Waals surface area contributed by atoms with Gasteiger partial charge in [-0.2, -0.15) is 13.2 Å². The molecule has 0 spiro atoms. The first-order valence-electron chi connectivity index (χ1n) is 6.37. The Morgan fingerprint density at radius 3 is 1.75 bits per heavy atom. The second kappa shape index (κ2) is 5.76. The van der Waals surface area contributed by atoms with Gasteiger partial charge >= 0.3 is 6.18 Å². The molecule has 2 nitrogen and oxygen atoms in total. The van der Waals surface area contributed by atoms with Crippen LogP contribution in [0.3, 0.4) is 0 Å². The number of alkyl halides is 3. The summed E-state index contributed by atoms with van der Waals surface area (Å²) < 4.78 is 62.1. The van der Waals surface area contributed by atoms with E-state index >= 15 is 0 Å². The predicted molar refractivity (Wildman–Crippen MR) is 73.1 cm³/mol. The van der Waals surface area contributed by atoms with Crippen molar-refractivity contribution in [2.75, 3.05) is 0 Å². The second-order valence-electron chi connectivity index (χ2n) is 5.30. The van der Waals surface area contributed by atoms with Gasteiger partial charge in [0.2, 0.25) is 0 Å². The molecule has 6 heteroatoms. The quantitative estimate of drug-likeness (QED) is 0.834. The first-order chi connectivity index (χ1) is 8.98. The summed E-state index contributed by atoms with van der Waals surface area (Å²) in [6.45, 7) is 6.75. The molecule has 0 aliphatic carbocycles. The molecule has 0 aliphatic heterocycles. The normalized spacial score (nSPS) is 16.2. The molecule has 0 N–H and O–H groups in total. The van der Waals surface area contributed by atoms with Gasteiger partial charge in [-0.05, 0) is 37.5 Å². The summed E-state index contributed by atoms with van der Waals surface area (Å²) in [6.07, 6.45) is -4.41. The molecule has 1 aromatic rings. The van der Waals surface area contributed by atoms with Crippen LogP contribution < -0.4 is 0 Å². The van der Waals surface area contributed by atoms with Gasteiger partial charge in [-0.15, -0.1) is 0 Å². The molecule has 0 amide bonds. The van der Waals surface area contributed by atoms with Crippen molar-refractivity contribution in [1.29, 1.82) is 0 Å². The molecule has 114 valence electrons. The molecule has 0 fully saturated rings. The van der Waals surface area contributed by atoms with Gasteiger partial charge in [0.25, 0.3) is 0 Å². The minimum atomic E-state index is -4.41. The number of sulfone groups is 1. The Labute approximate surface area is 117 Å². The van der Waals surface area contributed by atoms with Gasteiger partial charge in [-0.25, -0.2) is 8.42 Å². The van der Waals surface area contributed by atoms with Crippen molar-refractivity contribution < 1.29 is 21.6 Å². The highest BCUT2D eigenvalue weighted by Crippen LogP contribution is 2.32. The molecular formula is C14H19F3O2S. The monoisotopic (exact) mass is 308 g/mol. The van der Waals surface area contributed by atoms with Gasteiger partial charge in [-0.3, -0.25) is 0 Å². The van der Waals surface area contributed by atoms with Crippen LogP contribution >= 0.6 is 0 Å². The number of hydrogen-bond donors (Lipinski definition) is 0. The fourth-order valence-corrected chi connectivity index (χ4v) is 3.77. The molecule has 0 saturated carbocycles. The fraction of sp³-hybridized carbons (Fsp3) is 0.571. The van der Waals surface area contributed by atoms with Gasteiger partial charge in [0.05, 0.1) is 16.1 Å². The maximum absolute atomic E-state index is 12.5. The molecular weight excluding hydrogens is 289 g/mol. The molecule has 20 heavy (non-hydrogen) atoms. The van der Waals surface area contributed by atoms with Crippen molar-refractivity contribution in [2.24, 2.45) is 5.92 Å². The largest absolute Gasteiger partial charge is 0.416 e. The number of halogens is 3. The summed E-state index contributed by atoms with van der Waals surface area (Å²) >= 11 is 0. The Morgan fingerprint density at radius 2 is 1.40 bits per heavy atom. The average Bonchev–Trinajstić information content (AvgIpc) is 2.35. The minimum absolute atomic E-state index is 0.0445. The molecule has 0 aliphatic rings. The molecule has 0 unspecified atom stereocenters. The lowest BCUT2D eigenvalue weighted by molar-refractivity contribution is -0.137. The lowest BCUT2D eigenvalue weighted by Gasteiger charge is -2.22. The number of rotatable bonds is 4. The highest BCUT2D eigenvalue weighted by molar-refractivity contribution is 7.92. The average molecular weight is 308 g/mol. The maximum atomic E-state index is 12.5. The predicted octanol–water partition coefficient (Wildman–Crippen LogP) is 4.23. The van der Waals surface area contributed by atoms with E-state index in [1.807, 2.05) is 13.8 Å². The topological polar surface area (TPSA) is 34.1 Å². The third kappa shape index (κ3) is 3.53. The third-order valence-electron chi connectivity index (χ3n) is 3.66. The van der Waals surface area contributed by atoms with Gasteiger partial charge in [0.15, 0.2) is 9.84 Å². The first-order valence-corrected chi connectivity index (χ1v) is 7.98. The zero-order valence-corrected chi connectivity index (χ0v) is 12.7. The van der Waals surface area contributed by atoms with E-state index in [4.69, 9.17) is 0 Å². The highest BCUT2D eigenvalue weighted by Gasteiger charge is 2.33. The maximum Gasteiger partial charge on any atom is 0.416 e. The standard InChI is InChI=1S/C14H19F3O2S/c1-9(2)10(3)20(18,19)11(4)12-5-7-13(8-6-12)14(15,16)17/h5-11H,1-4H3/t10-,11-/m0/s1. The zero-order chi connectivity index (χ0) is 15.7. The molecule has 2 atom stereocenters. The molecule has 0 aromatic heterocycles. The Hall–Kier alpha value is -1.04. The van der Waals surface area contributed by atoms with Crippen LogP contribution in [0.2, 0.25) is 0 Å². The SMILES string of the molecule is CC(C)[C@H](C)S(=O)(=O)[C@@H](C)c1ccc(C(F)(F)F)cc1. The van der Waals surface area contributed by atoms with Crippen LogP contribution in [0.5, 0.6) is 0 Å². The van der Waals surface area contributed by atoms with E-state index in [2.05, 4.69) is 0 Å². The van der Waals surface area contributed by atoms with Crippen LogP contribution in [0.4, 0.5) is 13.2 Å². The van der Waals surface area contributed by atoms with Gasteiger partial charge in [-0.1, -0.05) is 26.0 Å². The molecule has 0 saturated heterocycles. The van der Waals surface area contributed by atoms with E-state index in [1.54, 1.807) is 6.92 Å². The van der Waals surface area contributed by atoms with Crippen molar-refractivity contribution >= 4 is 9.84 Å². The highest BCUT2D eigenvalue weighted by atomic mass is 32.2. The summed E-state index contributed by atoms with van der Waals surface area (Å²) in [5, 5.41) is -1.36. The summed E-state index contributed by atoms with van der Waals surface area (Å²) in [6, 6.07) is 4.30. The summed E-state index contributed by atoms with van der Waals surface area (Å²) in [7, 11) is -3.42. The molecule has 1 rings (SSSR count). The summed E-state index contributed by atoms with van der Waals surface area (Å²) in [4.78, 5) is 0.